The molecule has 4 rings (SSSR count). The minimum Gasteiger partial charge on any atom is -0.485 e. The van der Waals surface area contributed by atoms with Crippen molar-refractivity contribution in [2.75, 3.05) is 0 Å². The predicted molar refractivity (Wildman–Crippen MR) is 146 cm³/mol. The highest BCUT2D eigenvalue weighted by molar-refractivity contribution is 6.31. The number of allylic oxidation sites excluding steroid dienone is 3. The van der Waals surface area contributed by atoms with Gasteiger partial charge in [0.1, 0.15) is 28.8 Å². The van der Waals surface area contributed by atoms with E-state index in [1.54, 1.807) is 52.0 Å². The van der Waals surface area contributed by atoms with Crippen LogP contribution < -0.4 is 15.6 Å². The zero-order chi connectivity index (χ0) is 31.1. The Morgan fingerprint density at radius 2 is 1.93 bits per heavy atom. The Bertz CT molecular complexity index is 1740. The molecule has 0 bridgehead atoms. The van der Waals surface area contributed by atoms with Crippen molar-refractivity contribution in [3.8, 4) is 11.4 Å². The van der Waals surface area contributed by atoms with Crippen LogP contribution in [-0.4, -0.2) is 31.8 Å². The molecule has 3 aromatic rings. The van der Waals surface area contributed by atoms with E-state index in [2.05, 4.69) is 15.3 Å². The van der Waals surface area contributed by atoms with Crippen LogP contribution in [-0.2, 0) is 16.1 Å². The first-order chi connectivity index (χ1) is 19.5. The lowest BCUT2D eigenvalue weighted by Crippen LogP contribution is -2.47. The maximum atomic E-state index is 14.2. The van der Waals surface area contributed by atoms with Gasteiger partial charge in [-0.1, -0.05) is 29.8 Å². The molecule has 3 aromatic heterocycles. The first-order valence-corrected chi connectivity index (χ1v) is 12.5. The first-order valence-electron chi connectivity index (χ1n) is 13.1. The van der Waals surface area contributed by atoms with Crippen LogP contribution in [0.5, 0.6) is 5.75 Å². The molecule has 0 spiro atoms. The lowest BCUT2D eigenvalue weighted by molar-refractivity contribution is -0.120. The SMILES string of the molecule is [2H]C([2H])(Oc1cc(C)n(-c2cc(C3C=CC=C(C(C)(C)NC(C)=O)C3=O)ncc2C)c(=O)c1Cl)c1ncc(F)cc1F. The van der Waals surface area contributed by atoms with Gasteiger partial charge in [-0.3, -0.25) is 28.9 Å². The van der Waals surface area contributed by atoms with Crippen LogP contribution in [0.25, 0.3) is 5.69 Å². The molecule has 1 atom stereocenters. The molecule has 1 aliphatic rings. The number of aryl methyl sites for hydroxylation is 2. The Morgan fingerprint density at radius 1 is 1.20 bits per heavy atom. The van der Waals surface area contributed by atoms with E-state index < -0.39 is 45.9 Å². The molecule has 1 unspecified atom stereocenters. The van der Waals surface area contributed by atoms with E-state index >= 15 is 0 Å². The van der Waals surface area contributed by atoms with Crippen LogP contribution in [0.4, 0.5) is 8.78 Å². The highest BCUT2D eigenvalue weighted by Crippen LogP contribution is 2.32. The number of rotatable bonds is 7. The number of ketones is 1. The monoisotopic (exact) mass is 570 g/mol. The summed E-state index contributed by atoms with van der Waals surface area (Å²) in [4.78, 5) is 46.6. The fourth-order valence-electron chi connectivity index (χ4n) is 4.44. The minimum absolute atomic E-state index is 0.270. The highest BCUT2D eigenvalue weighted by atomic mass is 35.5. The number of carbonyl (C=O) groups excluding carboxylic acids is 2. The number of pyridine rings is 3. The van der Waals surface area contributed by atoms with Gasteiger partial charge < -0.3 is 10.1 Å². The zero-order valence-corrected chi connectivity index (χ0v) is 23.1. The number of hydrogen-bond donors (Lipinski definition) is 1. The lowest BCUT2D eigenvalue weighted by Gasteiger charge is -2.31. The number of nitrogens with zero attached hydrogens (tertiary/aromatic N) is 3. The normalized spacial score (nSPS) is 16.2. The van der Waals surface area contributed by atoms with Crippen molar-refractivity contribution in [3.05, 3.63) is 104 Å². The molecular weight excluding hydrogens is 542 g/mol. The second-order valence-corrected chi connectivity index (χ2v) is 10.2. The van der Waals surface area contributed by atoms with Gasteiger partial charge in [0.2, 0.25) is 5.91 Å². The maximum absolute atomic E-state index is 14.2. The number of Topliss-reactive ketones (excluding diaryl/α,β-unsaturated/α-hetero) is 1. The lowest BCUT2D eigenvalue weighted by atomic mass is 9.80. The standard InChI is InChI=1S/C29H27ClF2N4O4/c1-15-12-33-22(19-7-6-8-20(27(19)38)29(4,5)35-17(3)37)11-24(15)36-16(2)9-25(26(30)28(36)39)40-14-23-21(32)10-18(31)13-34-23/h6-13,19H,14H2,1-5H3,(H,35,37)/i14D2. The smallest absolute Gasteiger partial charge is 0.277 e. The molecule has 11 heteroatoms. The summed E-state index contributed by atoms with van der Waals surface area (Å²) in [6, 6.07) is 3.34. The quantitative estimate of drug-likeness (QED) is 0.437. The molecule has 1 aliphatic carbocycles. The third kappa shape index (κ3) is 5.72. The van der Waals surface area contributed by atoms with Gasteiger partial charge in [-0.2, -0.15) is 0 Å². The van der Waals surface area contributed by atoms with Crippen molar-refractivity contribution < 1.29 is 25.8 Å². The van der Waals surface area contributed by atoms with E-state index in [4.69, 9.17) is 19.1 Å². The van der Waals surface area contributed by atoms with Gasteiger partial charge >= 0.3 is 0 Å². The number of hydrogen-bond acceptors (Lipinski definition) is 6. The average molecular weight is 571 g/mol. The Hall–Kier alpha value is -4.18. The summed E-state index contributed by atoms with van der Waals surface area (Å²) in [6.45, 7) is 5.18. The van der Waals surface area contributed by atoms with Crippen molar-refractivity contribution in [2.45, 2.75) is 52.6 Å². The van der Waals surface area contributed by atoms with Crippen LogP contribution in [0.15, 0.2) is 59.2 Å². The van der Waals surface area contributed by atoms with Crippen molar-refractivity contribution >= 4 is 23.3 Å². The van der Waals surface area contributed by atoms with Crippen molar-refractivity contribution in [2.24, 2.45) is 0 Å². The van der Waals surface area contributed by atoms with E-state index in [-0.39, 0.29) is 23.1 Å². The largest absolute Gasteiger partial charge is 0.485 e. The van der Waals surface area contributed by atoms with E-state index in [0.717, 1.165) is 0 Å². The maximum Gasteiger partial charge on any atom is 0.277 e. The van der Waals surface area contributed by atoms with Crippen LogP contribution in [0, 0.1) is 25.5 Å². The summed E-state index contributed by atoms with van der Waals surface area (Å²) < 4.78 is 50.3. The Morgan fingerprint density at radius 3 is 2.60 bits per heavy atom. The fraction of sp³-hybridized carbons (Fsp3) is 0.276. The Kier molecular flexibility index (Phi) is 7.25. The third-order valence-electron chi connectivity index (χ3n) is 6.30. The summed E-state index contributed by atoms with van der Waals surface area (Å²) >= 11 is 6.33. The molecule has 0 radical (unpaired) electrons. The minimum atomic E-state index is -2.89. The summed E-state index contributed by atoms with van der Waals surface area (Å²) in [6.07, 6.45) is 7.17. The van der Waals surface area contributed by atoms with Gasteiger partial charge in [0.25, 0.3) is 5.56 Å². The van der Waals surface area contributed by atoms with Gasteiger partial charge in [0, 0.05) is 36.5 Å². The molecular formula is C29H27ClF2N4O4. The first kappa shape index (κ1) is 26.1. The van der Waals surface area contributed by atoms with Crippen molar-refractivity contribution in [1.82, 2.24) is 19.9 Å². The number of aromatic nitrogens is 3. The molecule has 0 aromatic carbocycles. The number of nitrogens with one attached hydrogen (secondary N) is 1. The summed E-state index contributed by atoms with van der Waals surface area (Å²) in [7, 11) is 0. The molecule has 40 heavy (non-hydrogen) atoms. The van der Waals surface area contributed by atoms with Gasteiger partial charge in [0.15, 0.2) is 11.6 Å². The molecule has 3 heterocycles. The van der Waals surface area contributed by atoms with Gasteiger partial charge in [0.05, 0.1) is 31.8 Å². The van der Waals surface area contributed by atoms with Gasteiger partial charge in [-0.15, -0.1) is 0 Å². The topological polar surface area (TPSA) is 103 Å². The molecule has 0 saturated heterocycles. The van der Waals surface area contributed by atoms with E-state index in [1.165, 1.54) is 23.8 Å². The number of carbonyl (C=O) groups is 2. The van der Waals surface area contributed by atoms with Crippen LogP contribution in [0.3, 0.4) is 0 Å². The molecule has 0 saturated carbocycles. The number of ether oxygens (including phenoxy) is 1. The van der Waals surface area contributed by atoms with E-state index in [1.807, 2.05) is 0 Å². The Labute approximate surface area is 237 Å². The van der Waals surface area contributed by atoms with E-state index in [9.17, 15) is 23.2 Å². The summed E-state index contributed by atoms with van der Waals surface area (Å²) in [5.41, 5.74) is -0.586. The van der Waals surface area contributed by atoms with Crippen molar-refractivity contribution in [1.29, 1.82) is 0 Å². The molecule has 1 N–H and O–H groups in total. The number of halogens is 3. The molecule has 208 valence electrons. The summed E-state index contributed by atoms with van der Waals surface area (Å²) in [5.74, 6) is -4.00. The molecule has 1 amide bonds. The zero-order valence-electron chi connectivity index (χ0n) is 24.3. The van der Waals surface area contributed by atoms with Gasteiger partial charge in [-0.25, -0.2) is 8.78 Å². The summed E-state index contributed by atoms with van der Waals surface area (Å²) in [5, 5.41) is 2.27. The number of amides is 1. The second kappa shape index (κ2) is 11.1. The molecule has 0 aliphatic heterocycles. The van der Waals surface area contributed by atoms with E-state index in [0.29, 0.717) is 34.8 Å². The Balaban J connectivity index is 1.72. The third-order valence-corrected chi connectivity index (χ3v) is 6.64. The predicted octanol–water partition coefficient (Wildman–Crippen LogP) is 4.82. The molecule has 8 nitrogen and oxygen atoms in total. The molecule has 0 fully saturated rings. The van der Waals surface area contributed by atoms with Crippen molar-refractivity contribution in [3.63, 3.8) is 0 Å². The van der Waals surface area contributed by atoms with Crippen LogP contribution in [0.1, 0.15) is 52.1 Å². The fourth-order valence-corrected chi connectivity index (χ4v) is 4.62. The highest BCUT2D eigenvalue weighted by Gasteiger charge is 2.35. The van der Waals surface area contributed by atoms with Crippen LogP contribution >= 0.6 is 11.6 Å². The van der Waals surface area contributed by atoms with Gasteiger partial charge in [-0.05, 0) is 39.3 Å². The second-order valence-electron chi connectivity index (χ2n) is 9.80. The average Bonchev–Trinajstić information content (AvgIpc) is 2.87. The van der Waals surface area contributed by atoms with Crippen LogP contribution in [0.2, 0.25) is 5.02 Å².